The summed E-state index contributed by atoms with van der Waals surface area (Å²) < 4.78 is 0. The standard InChI is InChI=1S/C12H11NO5/c14-8-4-1-3-7-10(8)12(18)13(11(7)17)6-2-5-9(15)16/h1,3-4,14H,2,5-6H2,(H,15,16). The summed E-state index contributed by atoms with van der Waals surface area (Å²) in [6.07, 6.45) is 0.0843. The van der Waals surface area contributed by atoms with Crippen molar-refractivity contribution in [2.45, 2.75) is 12.8 Å². The van der Waals surface area contributed by atoms with Crippen LogP contribution >= 0.6 is 0 Å². The van der Waals surface area contributed by atoms with E-state index in [2.05, 4.69) is 0 Å². The highest BCUT2D eigenvalue weighted by Gasteiger charge is 2.37. The number of hydrogen-bond donors (Lipinski definition) is 2. The highest BCUT2D eigenvalue weighted by atomic mass is 16.4. The highest BCUT2D eigenvalue weighted by molar-refractivity contribution is 6.22. The number of carboxylic acids is 1. The Bertz CT molecular complexity index is 537. The molecule has 6 nitrogen and oxygen atoms in total. The van der Waals surface area contributed by atoms with E-state index < -0.39 is 17.8 Å². The highest BCUT2D eigenvalue weighted by Crippen LogP contribution is 2.29. The minimum Gasteiger partial charge on any atom is -0.507 e. The quantitative estimate of drug-likeness (QED) is 0.771. The van der Waals surface area contributed by atoms with Crippen molar-refractivity contribution in [3.05, 3.63) is 29.3 Å². The molecule has 2 N–H and O–H groups in total. The molecule has 1 heterocycles. The number of aromatic hydroxyl groups is 1. The fourth-order valence-electron chi connectivity index (χ4n) is 1.91. The van der Waals surface area contributed by atoms with E-state index >= 15 is 0 Å². The van der Waals surface area contributed by atoms with Crippen LogP contribution in [-0.2, 0) is 4.79 Å². The molecule has 1 aromatic rings. The molecule has 0 fully saturated rings. The van der Waals surface area contributed by atoms with E-state index in [1.807, 2.05) is 0 Å². The normalized spacial score (nSPS) is 13.9. The van der Waals surface area contributed by atoms with Crippen LogP contribution in [0, 0.1) is 0 Å². The summed E-state index contributed by atoms with van der Waals surface area (Å²) in [5.74, 6) is -2.27. The predicted octanol–water partition coefficient (Wildman–Crippen LogP) is 0.853. The molecule has 2 rings (SSSR count). The van der Waals surface area contributed by atoms with E-state index in [1.54, 1.807) is 0 Å². The van der Waals surface area contributed by atoms with E-state index in [0.717, 1.165) is 4.90 Å². The van der Waals surface area contributed by atoms with Gasteiger partial charge in [-0.1, -0.05) is 6.07 Å². The number of phenolic OH excluding ortho intramolecular Hbond substituents is 1. The summed E-state index contributed by atoms with van der Waals surface area (Å²) in [7, 11) is 0. The number of rotatable bonds is 4. The minimum atomic E-state index is -0.977. The monoisotopic (exact) mass is 249 g/mol. The Kier molecular flexibility index (Phi) is 3.01. The number of nitrogens with zero attached hydrogens (tertiary/aromatic N) is 1. The zero-order valence-electron chi connectivity index (χ0n) is 9.42. The van der Waals surface area contributed by atoms with Gasteiger partial charge < -0.3 is 10.2 Å². The van der Waals surface area contributed by atoms with Crippen molar-refractivity contribution in [3.63, 3.8) is 0 Å². The second-order valence-electron chi connectivity index (χ2n) is 3.96. The van der Waals surface area contributed by atoms with Gasteiger partial charge in [-0.05, 0) is 18.6 Å². The second kappa shape index (κ2) is 4.48. The third-order valence-corrected chi connectivity index (χ3v) is 2.75. The van der Waals surface area contributed by atoms with Crippen LogP contribution in [0.15, 0.2) is 18.2 Å². The number of imide groups is 1. The predicted molar refractivity (Wildman–Crippen MR) is 60.3 cm³/mol. The Balaban J connectivity index is 2.18. The lowest BCUT2D eigenvalue weighted by Gasteiger charge is -2.12. The van der Waals surface area contributed by atoms with Crippen LogP contribution in [0.2, 0.25) is 0 Å². The zero-order valence-corrected chi connectivity index (χ0v) is 9.42. The number of phenols is 1. The van der Waals surface area contributed by atoms with Gasteiger partial charge in [0.2, 0.25) is 0 Å². The van der Waals surface area contributed by atoms with Gasteiger partial charge in [0.1, 0.15) is 5.75 Å². The fraction of sp³-hybridized carbons (Fsp3) is 0.250. The maximum Gasteiger partial charge on any atom is 0.303 e. The molecule has 0 saturated carbocycles. The van der Waals surface area contributed by atoms with E-state index in [0.29, 0.717) is 0 Å². The van der Waals surface area contributed by atoms with Gasteiger partial charge >= 0.3 is 5.97 Å². The third kappa shape index (κ3) is 1.92. The zero-order chi connectivity index (χ0) is 13.3. The molecule has 1 aliphatic heterocycles. The van der Waals surface area contributed by atoms with Crippen LogP contribution in [0.1, 0.15) is 33.6 Å². The van der Waals surface area contributed by atoms with E-state index in [9.17, 15) is 19.5 Å². The van der Waals surface area contributed by atoms with Gasteiger partial charge in [0, 0.05) is 13.0 Å². The summed E-state index contributed by atoms with van der Waals surface area (Å²) in [6, 6.07) is 4.29. The summed E-state index contributed by atoms with van der Waals surface area (Å²) in [6.45, 7) is 0.0398. The lowest BCUT2D eigenvalue weighted by Crippen LogP contribution is -2.31. The Morgan fingerprint density at radius 1 is 1.22 bits per heavy atom. The number of amides is 2. The van der Waals surface area contributed by atoms with Gasteiger partial charge in [0.05, 0.1) is 11.1 Å². The molecule has 0 aliphatic carbocycles. The summed E-state index contributed by atoms with van der Waals surface area (Å²) >= 11 is 0. The summed E-state index contributed by atoms with van der Waals surface area (Å²) in [5.41, 5.74) is 0.160. The van der Waals surface area contributed by atoms with Crippen molar-refractivity contribution in [2.24, 2.45) is 0 Å². The largest absolute Gasteiger partial charge is 0.507 e. The molecule has 0 spiro atoms. The molecule has 0 unspecified atom stereocenters. The van der Waals surface area contributed by atoms with E-state index in [4.69, 9.17) is 5.11 Å². The number of carbonyl (C=O) groups excluding carboxylic acids is 2. The Morgan fingerprint density at radius 2 is 1.94 bits per heavy atom. The average Bonchev–Trinajstić information content (AvgIpc) is 2.55. The van der Waals surface area contributed by atoms with Gasteiger partial charge in [-0.15, -0.1) is 0 Å². The van der Waals surface area contributed by atoms with Gasteiger partial charge in [-0.25, -0.2) is 0 Å². The molecule has 0 aromatic heterocycles. The topological polar surface area (TPSA) is 94.9 Å². The van der Waals surface area contributed by atoms with Crippen LogP contribution in [0.25, 0.3) is 0 Å². The van der Waals surface area contributed by atoms with E-state index in [1.165, 1.54) is 18.2 Å². The number of aliphatic carboxylic acids is 1. The molecule has 0 bridgehead atoms. The van der Waals surface area contributed by atoms with Crippen molar-refractivity contribution in [2.75, 3.05) is 6.54 Å². The number of fused-ring (bicyclic) bond motifs is 1. The summed E-state index contributed by atoms with van der Waals surface area (Å²) in [4.78, 5) is 35.1. The molecule has 1 aromatic carbocycles. The van der Waals surface area contributed by atoms with E-state index in [-0.39, 0.29) is 36.3 Å². The van der Waals surface area contributed by atoms with Gasteiger partial charge in [-0.2, -0.15) is 0 Å². The van der Waals surface area contributed by atoms with Crippen LogP contribution in [-0.4, -0.2) is 39.4 Å². The minimum absolute atomic E-state index is 0.00201. The molecule has 1 aliphatic rings. The third-order valence-electron chi connectivity index (χ3n) is 2.75. The number of hydrogen-bond acceptors (Lipinski definition) is 4. The average molecular weight is 249 g/mol. The molecule has 94 valence electrons. The first-order valence-corrected chi connectivity index (χ1v) is 5.42. The molecular weight excluding hydrogens is 238 g/mol. The number of benzene rings is 1. The van der Waals surface area contributed by atoms with Crippen molar-refractivity contribution < 1.29 is 24.6 Å². The Morgan fingerprint density at radius 3 is 2.56 bits per heavy atom. The van der Waals surface area contributed by atoms with Crippen molar-refractivity contribution in [1.29, 1.82) is 0 Å². The van der Waals surface area contributed by atoms with Crippen molar-refractivity contribution in [3.8, 4) is 5.75 Å². The number of carboxylic acid groups (broad SMARTS) is 1. The maximum absolute atomic E-state index is 11.9. The first kappa shape index (κ1) is 12.1. The lowest BCUT2D eigenvalue weighted by atomic mass is 10.1. The Hall–Kier alpha value is -2.37. The maximum atomic E-state index is 11.9. The van der Waals surface area contributed by atoms with Gasteiger partial charge in [0.25, 0.3) is 11.8 Å². The van der Waals surface area contributed by atoms with Crippen LogP contribution in [0.3, 0.4) is 0 Å². The van der Waals surface area contributed by atoms with Crippen LogP contribution < -0.4 is 0 Å². The first-order chi connectivity index (χ1) is 8.52. The number of carbonyl (C=O) groups is 3. The molecule has 2 amide bonds. The molecule has 0 saturated heterocycles. The fourth-order valence-corrected chi connectivity index (χ4v) is 1.91. The SMILES string of the molecule is O=C(O)CCCN1C(=O)c2cccc(O)c2C1=O. The molecule has 18 heavy (non-hydrogen) atoms. The van der Waals surface area contributed by atoms with Gasteiger partial charge in [-0.3, -0.25) is 19.3 Å². The molecule has 0 atom stereocenters. The van der Waals surface area contributed by atoms with Crippen molar-refractivity contribution in [1.82, 2.24) is 4.90 Å². The second-order valence-corrected chi connectivity index (χ2v) is 3.96. The Labute approximate surface area is 102 Å². The summed E-state index contributed by atoms with van der Waals surface area (Å²) in [5, 5.41) is 18.1. The van der Waals surface area contributed by atoms with Gasteiger partial charge in [0.15, 0.2) is 0 Å². The van der Waals surface area contributed by atoms with Crippen molar-refractivity contribution >= 4 is 17.8 Å². The lowest BCUT2D eigenvalue weighted by molar-refractivity contribution is -0.137. The molecular formula is C12H11NO5. The molecule has 0 radical (unpaired) electrons. The smallest absolute Gasteiger partial charge is 0.303 e. The van der Waals surface area contributed by atoms with Crippen LogP contribution in [0.5, 0.6) is 5.75 Å². The van der Waals surface area contributed by atoms with Crippen LogP contribution in [0.4, 0.5) is 0 Å². The molecule has 6 heteroatoms. The first-order valence-electron chi connectivity index (χ1n) is 5.42.